The normalized spacial score (nSPS) is 10.8. The summed E-state index contributed by atoms with van der Waals surface area (Å²) in [5, 5.41) is 11.5. The molecule has 112 valence electrons. The van der Waals surface area contributed by atoms with Crippen LogP contribution < -0.4 is 5.32 Å². The second kappa shape index (κ2) is 5.95. The lowest BCUT2D eigenvalue weighted by molar-refractivity contribution is 0.102. The molecule has 0 bridgehead atoms. The smallest absolute Gasteiger partial charge is 0.258 e. The largest absolute Gasteiger partial charge is 0.298 e. The maximum absolute atomic E-state index is 12.1. The van der Waals surface area contributed by atoms with E-state index >= 15 is 0 Å². The molecule has 0 aliphatic carbocycles. The molecule has 2 aromatic carbocycles. The van der Waals surface area contributed by atoms with Crippen LogP contribution in [0.25, 0.3) is 22.0 Å². The number of nitrogens with one attached hydrogen (secondary N) is 1. The fourth-order valence-electron chi connectivity index (χ4n) is 2.47. The third kappa shape index (κ3) is 2.76. The van der Waals surface area contributed by atoms with Crippen LogP contribution in [0.4, 0.5) is 5.13 Å². The zero-order chi connectivity index (χ0) is 15.6. The average molecular weight is 336 g/mol. The number of amides is 1. The lowest BCUT2D eigenvalue weighted by Crippen LogP contribution is -2.10. The van der Waals surface area contributed by atoms with Gasteiger partial charge in [0.2, 0.25) is 0 Å². The maximum Gasteiger partial charge on any atom is 0.258 e. The molecule has 0 saturated carbocycles. The highest BCUT2D eigenvalue weighted by Gasteiger charge is 2.11. The molecular weight excluding hydrogens is 324 g/mol. The summed E-state index contributed by atoms with van der Waals surface area (Å²) in [7, 11) is 0. The van der Waals surface area contributed by atoms with Crippen LogP contribution >= 0.6 is 22.7 Å². The van der Waals surface area contributed by atoms with Crippen LogP contribution in [0, 0.1) is 0 Å². The van der Waals surface area contributed by atoms with Crippen LogP contribution in [0.2, 0.25) is 0 Å². The van der Waals surface area contributed by atoms with Gasteiger partial charge in [-0.3, -0.25) is 10.1 Å². The highest BCUT2D eigenvalue weighted by Crippen LogP contribution is 2.31. The molecule has 0 atom stereocenters. The number of thiophene rings is 1. The van der Waals surface area contributed by atoms with E-state index in [9.17, 15) is 4.79 Å². The fourth-order valence-corrected chi connectivity index (χ4v) is 3.81. The quantitative estimate of drug-likeness (QED) is 0.553. The predicted molar refractivity (Wildman–Crippen MR) is 97.3 cm³/mol. The number of hydrogen-bond donors (Lipinski definition) is 1. The topological polar surface area (TPSA) is 42.0 Å². The van der Waals surface area contributed by atoms with Gasteiger partial charge in [-0.1, -0.05) is 42.5 Å². The van der Waals surface area contributed by atoms with Crippen molar-refractivity contribution in [3.63, 3.8) is 0 Å². The van der Waals surface area contributed by atoms with Gasteiger partial charge in [-0.05, 0) is 22.2 Å². The van der Waals surface area contributed by atoms with Gasteiger partial charge in [-0.25, -0.2) is 4.98 Å². The van der Waals surface area contributed by atoms with E-state index in [2.05, 4.69) is 34.6 Å². The first-order chi connectivity index (χ1) is 11.3. The summed E-state index contributed by atoms with van der Waals surface area (Å²) >= 11 is 2.94. The van der Waals surface area contributed by atoms with Crippen molar-refractivity contribution < 1.29 is 4.79 Å². The van der Waals surface area contributed by atoms with E-state index in [1.165, 1.54) is 28.1 Å². The molecule has 0 spiro atoms. The van der Waals surface area contributed by atoms with Gasteiger partial charge in [0.25, 0.3) is 5.91 Å². The molecule has 4 rings (SSSR count). The minimum Gasteiger partial charge on any atom is -0.298 e. The van der Waals surface area contributed by atoms with E-state index < -0.39 is 0 Å². The van der Waals surface area contributed by atoms with E-state index in [0.717, 1.165) is 16.6 Å². The molecule has 5 heteroatoms. The number of fused-ring (bicyclic) bond motifs is 1. The van der Waals surface area contributed by atoms with E-state index in [0.29, 0.717) is 10.7 Å². The molecule has 2 heterocycles. The average Bonchev–Trinajstić information content (AvgIpc) is 3.26. The minimum atomic E-state index is -0.120. The molecule has 3 nitrogen and oxygen atoms in total. The number of carbonyl (C=O) groups excluding carboxylic acids is 1. The maximum atomic E-state index is 12.1. The zero-order valence-corrected chi connectivity index (χ0v) is 13.7. The summed E-state index contributed by atoms with van der Waals surface area (Å²) in [5.41, 5.74) is 2.62. The second-order valence-corrected chi connectivity index (χ2v) is 6.67. The third-order valence-electron chi connectivity index (χ3n) is 3.57. The van der Waals surface area contributed by atoms with Crippen molar-refractivity contribution >= 4 is 44.5 Å². The van der Waals surface area contributed by atoms with Crippen LogP contribution in [-0.2, 0) is 0 Å². The monoisotopic (exact) mass is 336 g/mol. The molecule has 0 aliphatic heterocycles. The molecule has 0 unspecified atom stereocenters. The minimum absolute atomic E-state index is 0.120. The van der Waals surface area contributed by atoms with Gasteiger partial charge >= 0.3 is 0 Å². The van der Waals surface area contributed by atoms with Crippen LogP contribution in [-0.4, -0.2) is 10.9 Å². The number of hydrogen-bond acceptors (Lipinski definition) is 4. The number of benzene rings is 2. The Hall–Kier alpha value is -2.50. The lowest BCUT2D eigenvalue weighted by Gasteiger charge is -2.03. The molecule has 0 aliphatic rings. The van der Waals surface area contributed by atoms with Gasteiger partial charge < -0.3 is 0 Å². The van der Waals surface area contributed by atoms with Crippen LogP contribution in [0.3, 0.4) is 0 Å². The Morgan fingerprint density at radius 2 is 1.87 bits per heavy atom. The Balaban J connectivity index is 1.66. The molecule has 4 aromatic rings. The Morgan fingerprint density at radius 1 is 1.00 bits per heavy atom. The molecule has 23 heavy (non-hydrogen) atoms. The Kier molecular flexibility index (Phi) is 3.65. The Morgan fingerprint density at radius 3 is 2.74 bits per heavy atom. The molecule has 0 fully saturated rings. The van der Waals surface area contributed by atoms with E-state index in [1.807, 2.05) is 34.3 Å². The van der Waals surface area contributed by atoms with Crippen LogP contribution in [0.15, 0.2) is 64.7 Å². The summed E-state index contributed by atoms with van der Waals surface area (Å²) in [4.78, 5) is 16.7. The van der Waals surface area contributed by atoms with Crippen molar-refractivity contribution in [2.24, 2.45) is 0 Å². The summed E-state index contributed by atoms with van der Waals surface area (Å²) in [6.45, 7) is 0. The second-order valence-electron chi connectivity index (χ2n) is 5.03. The van der Waals surface area contributed by atoms with Gasteiger partial charge in [0.05, 0.1) is 11.3 Å². The van der Waals surface area contributed by atoms with Crippen LogP contribution in [0.5, 0.6) is 0 Å². The Bertz CT molecular complexity index is 968. The lowest BCUT2D eigenvalue weighted by atomic mass is 10.0. The fraction of sp³-hybridized carbons (Fsp3) is 0. The van der Waals surface area contributed by atoms with E-state index in [-0.39, 0.29) is 5.91 Å². The van der Waals surface area contributed by atoms with Crippen molar-refractivity contribution in [2.75, 3.05) is 5.32 Å². The SMILES string of the molecule is O=C(Nc1nc(-c2cccc3ccccc23)cs1)c1ccsc1. The van der Waals surface area contributed by atoms with Crippen molar-refractivity contribution in [3.05, 3.63) is 70.2 Å². The number of rotatable bonds is 3. The highest BCUT2D eigenvalue weighted by molar-refractivity contribution is 7.14. The highest BCUT2D eigenvalue weighted by atomic mass is 32.1. The van der Waals surface area contributed by atoms with Gasteiger partial charge in [-0.15, -0.1) is 11.3 Å². The summed E-state index contributed by atoms with van der Waals surface area (Å²) in [6.07, 6.45) is 0. The molecule has 2 aromatic heterocycles. The van der Waals surface area contributed by atoms with E-state index in [4.69, 9.17) is 0 Å². The van der Waals surface area contributed by atoms with Gasteiger partial charge in [0, 0.05) is 16.3 Å². The summed E-state index contributed by atoms with van der Waals surface area (Å²) < 4.78 is 0. The predicted octanol–water partition coefficient (Wildman–Crippen LogP) is 5.28. The zero-order valence-electron chi connectivity index (χ0n) is 12.0. The van der Waals surface area contributed by atoms with Gasteiger partial charge in [0.15, 0.2) is 5.13 Å². The number of nitrogens with zero attached hydrogens (tertiary/aromatic N) is 1. The molecule has 0 saturated heterocycles. The molecular formula is C18H12N2OS2. The Labute approximate surface area is 141 Å². The first-order valence-corrected chi connectivity index (χ1v) is 8.91. The first kappa shape index (κ1) is 14.1. The molecule has 1 N–H and O–H groups in total. The van der Waals surface area contributed by atoms with Gasteiger partial charge in [-0.2, -0.15) is 11.3 Å². The first-order valence-electron chi connectivity index (χ1n) is 7.08. The number of thiazole rings is 1. The van der Waals surface area contributed by atoms with Crippen LogP contribution in [0.1, 0.15) is 10.4 Å². The number of anilines is 1. The molecule has 1 amide bonds. The standard InChI is InChI=1S/C18H12N2OS2/c21-17(13-8-9-22-10-13)20-18-19-16(11-23-18)15-7-3-5-12-4-1-2-6-14(12)15/h1-11H,(H,19,20,21). The van der Waals surface area contributed by atoms with Crippen molar-refractivity contribution in [1.29, 1.82) is 0 Å². The van der Waals surface area contributed by atoms with E-state index in [1.54, 1.807) is 6.07 Å². The van der Waals surface area contributed by atoms with Gasteiger partial charge in [0.1, 0.15) is 0 Å². The summed E-state index contributed by atoms with van der Waals surface area (Å²) in [5.74, 6) is -0.120. The van der Waals surface area contributed by atoms with Crippen molar-refractivity contribution in [2.45, 2.75) is 0 Å². The summed E-state index contributed by atoms with van der Waals surface area (Å²) in [6, 6.07) is 16.2. The number of carbonyl (C=O) groups is 1. The van der Waals surface area contributed by atoms with Crippen molar-refractivity contribution in [3.8, 4) is 11.3 Å². The van der Waals surface area contributed by atoms with Crippen molar-refractivity contribution in [1.82, 2.24) is 4.98 Å². The third-order valence-corrected chi connectivity index (χ3v) is 5.01. The number of aromatic nitrogens is 1. The molecule has 0 radical (unpaired) electrons.